The van der Waals surface area contributed by atoms with Gasteiger partial charge < -0.3 is 10.4 Å². The van der Waals surface area contributed by atoms with Gasteiger partial charge in [0.15, 0.2) is 5.82 Å². The molecule has 0 unspecified atom stereocenters. The van der Waals surface area contributed by atoms with Crippen molar-refractivity contribution >= 4 is 23.3 Å². The van der Waals surface area contributed by atoms with Crippen LogP contribution in [0.4, 0.5) is 15.8 Å². The van der Waals surface area contributed by atoms with Gasteiger partial charge in [-0.2, -0.15) is 0 Å². The van der Waals surface area contributed by atoms with E-state index in [4.69, 9.17) is 5.11 Å². The van der Waals surface area contributed by atoms with Gasteiger partial charge in [-0.05, 0) is 11.5 Å². The molecule has 0 bridgehead atoms. The zero-order chi connectivity index (χ0) is 15.9. The molecule has 1 fully saturated rings. The molecule has 1 aliphatic carbocycles. The number of hydrogen-bond acceptors (Lipinski definition) is 4. The van der Waals surface area contributed by atoms with E-state index in [9.17, 15) is 24.1 Å². The number of nitro benzene ring substituents is 1. The Morgan fingerprint density at radius 3 is 2.43 bits per heavy atom. The number of carboxylic acids is 1. The Morgan fingerprint density at radius 1 is 1.38 bits per heavy atom. The van der Waals surface area contributed by atoms with Crippen molar-refractivity contribution in [3.63, 3.8) is 0 Å². The normalized spacial score (nSPS) is 22.4. The molecule has 21 heavy (non-hydrogen) atoms. The minimum atomic E-state index is -1.08. The molecule has 0 heterocycles. The number of benzene rings is 1. The van der Waals surface area contributed by atoms with E-state index in [0.717, 1.165) is 12.1 Å². The van der Waals surface area contributed by atoms with E-state index in [0.29, 0.717) is 6.07 Å². The molecule has 0 spiro atoms. The molecule has 112 valence electrons. The maximum Gasteiger partial charge on any atom is 0.307 e. The van der Waals surface area contributed by atoms with Crippen molar-refractivity contribution in [3.05, 3.63) is 34.1 Å². The summed E-state index contributed by atoms with van der Waals surface area (Å²) in [5, 5.41) is 21.8. The summed E-state index contributed by atoms with van der Waals surface area (Å²) in [5.41, 5.74) is -1.34. The lowest BCUT2D eigenvalue weighted by Crippen LogP contribution is -2.18. The number of hydrogen-bond donors (Lipinski definition) is 2. The van der Waals surface area contributed by atoms with Gasteiger partial charge >= 0.3 is 5.97 Å². The molecule has 1 aromatic carbocycles. The largest absolute Gasteiger partial charge is 0.481 e. The van der Waals surface area contributed by atoms with Crippen LogP contribution in [0.3, 0.4) is 0 Å². The van der Waals surface area contributed by atoms with Crippen LogP contribution in [0.2, 0.25) is 0 Å². The van der Waals surface area contributed by atoms with Crippen molar-refractivity contribution in [1.82, 2.24) is 0 Å². The van der Waals surface area contributed by atoms with Gasteiger partial charge in [0.1, 0.15) is 0 Å². The third kappa shape index (κ3) is 2.56. The minimum absolute atomic E-state index is 0.211. The van der Waals surface area contributed by atoms with E-state index in [2.05, 4.69) is 5.32 Å². The van der Waals surface area contributed by atoms with Gasteiger partial charge in [0.25, 0.3) is 5.69 Å². The monoisotopic (exact) mass is 296 g/mol. The van der Waals surface area contributed by atoms with E-state index in [1.54, 1.807) is 13.8 Å². The van der Waals surface area contributed by atoms with Crippen molar-refractivity contribution in [3.8, 4) is 0 Å². The zero-order valence-corrected chi connectivity index (χ0v) is 11.3. The number of rotatable bonds is 4. The molecule has 7 nitrogen and oxygen atoms in total. The molecule has 2 N–H and O–H groups in total. The number of carbonyl (C=O) groups is 2. The van der Waals surface area contributed by atoms with Gasteiger partial charge in [-0.25, -0.2) is 4.39 Å². The van der Waals surface area contributed by atoms with Gasteiger partial charge in [0, 0.05) is 6.07 Å². The minimum Gasteiger partial charge on any atom is -0.481 e. The van der Waals surface area contributed by atoms with E-state index in [1.807, 2.05) is 0 Å². The van der Waals surface area contributed by atoms with Crippen LogP contribution in [-0.4, -0.2) is 21.9 Å². The molecule has 0 saturated heterocycles. The van der Waals surface area contributed by atoms with Crippen molar-refractivity contribution in [2.24, 2.45) is 17.3 Å². The summed E-state index contributed by atoms with van der Waals surface area (Å²) < 4.78 is 13.7. The van der Waals surface area contributed by atoms with Crippen LogP contribution in [0.1, 0.15) is 13.8 Å². The lowest BCUT2D eigenvalue weighted by Gasteiger charge is -2.07. The van der Waals surface area contributed by atoms with Crippen LogP contribution in [0.25, 0.3) is 0 Å². The van der Waals surface area contributed by atoms with E-state index in [1.165, 1.54) is 0 Å². The van der Waals surface area contributed by atoms with Crippen LogP contribution in [0.5, 0.6) is 0 Å². The van der Waals surface area contributed by atoms with Gasteiger partial charge in [0.2, 0.25) is 5.91 Å². The Labute approximate surface area is 118 Å². The van der Waals surface area contributed by atoms with E-state index in [-0.39, 0.29) is 5.69 Å². The SMILES string of the molecule is CC1(C)[C@H](C(=O)O)[C@@H]1C(=O)Nc1ccc([N+](=O)[O-])cc1F. The Bertz CT molecular complexity index is 643. The number of non-ortho nitro benzene ring substituents is 1. The molecule has 0 aromatic heterocycles. The number of nitrogens with one attached hydrogen (secondary N) is 1. The average Bonchev–Trinajstić information content (AvgIpc) is 2.95. The predicted octanol–water partition coefficient (Wildman–Crippen LogP) is 2.03. The first-order valence-corrected chi connectivity index (χ1v) is 6.14. The van der Waals surface area contributed by atoms with Crippen molar-refractivity contribution in [1.29, 1.82) is 0 Å². The number of amides is 1. The third-order valence-corrected chi connectivity index (χ3v) is 3.80. The molecule has 1 aromatic rings. The maximum absolute atomic E-state index is 13.7. The number of nitrogens with zero attached hydrogens (tertiary/aromatic N) is 1. The smallest absolute Gasteiger partial charge is 0.307 e. The van der Waals surface area contributed by atoms with Gasteiger partial charge in [-0.3, -0.25) is 19.7 Å². The summed E-state index contributed by atoms with van der Waals surface area (Å²) in [5.74, 6) is -4.21. The number of nitro groups is 1. The third-order valence-electron chi connectivity index (χ3n) is 3.80. The molecular weight excluding hydrogens is 283 g/mol. The van der Waals surface area contributed by atoms with Crippen LogP contribution in [0.15, 0.2) is 18.2 Å². The highest BCUT2D eigenvalue weighted by Crippen LogP contribution is 2.58. The Morgan fingerprint density at radius 2 is 2.00 bits per heavy atom. The summed E-state index contributed by atoms with van der Waals surface area (Å²) in [6.07, 6.45) is 0. The molecule has 8 heteroatoms. The number of carboxylic acid groups (broad SMARTS) is 1. The average molecular weight is 296 g/mol. The van der Waals surface area contributed by atoms with Crippen molar-refractivity contribution in [2.45, 2.75) is 13.8 Å². The number of halogens is 1. The Kier molecular flexibility index (Phi) is 3.40. The van der Waals surface area contributed by atoms with Crippen molar-refractivity contribution < 1.29 is 24.0 Å². The van der Waals surface area contributed by atoms with Crippen LogP contribution in [0, 0.1) is 33.2 Å². The highest BCUT2D eigenvalue weighted by atomic mass is 19.1. The molecule has 1 saturated carbocycles. The summed E-state index contributed by atoms with van der Waals surface area (Å²) in [6, 6.07) is 2.84. The second-order valence-corrected chi connectivity index (χ2v) is 5.53. The molecule has 2 atom stereocenters. The topological polar surface area (TPSA) is 110 Å². The summed E-state index contributed by atoms with van der Waals surface area (Å²) in [7, 11) is 0. The standard InChI is InChI=1S/C13H13FN2O5/c1-13(2)9(10(13)12(18)19)11(17)15-8-4-3-6(16(20)21)5-7(8)14/h3-5,9-10H,1-2H3,(H,15,17)(H,18,19)/t9-,10+/m1/s1. The number of carbonyl (C=O) groups excluding carboxylic acids is 1. The molecule has 2 rings (SSSR count). The molecule has 0 radical (unpaired) electrons. The summed E-state index contributed by atoms with van der Waals surface area (Å²) >= 11 is 0. The fourth-order valence-corrected chi connectivity index (χ4v) is 2.52. The van der Waals surface area contributed by atoms with E-state index < -0.39 is 45.6 Å². The fraction of sp³-hybridized carbons (Fsp3) is 0.385. The molecule has 0 aliphatic heterocycles. The Hall–Kier alpha value is -2.51. The van der Waals surface area contributed by atoms with Crippen molar-refractivity contribution in [2.75, 3.05) is 5.32 Å². The first-order valence-electron chi connectivity index (χ1n) is 6.14. The van der Waals surface area contributed by atoms with Gasteiger partial charge in [-0.1, -0.05) is 13.8 Å². The lowest BCUT2D eigenvalue weighted by molar-refractivity contribution is -0.385. The van der Waals surface area contributed by atoms with Gasteiger partial charge in [-0.15, -0.1) is 0 Å². The highest BCUT2D eigenvalue weighted by molar-refractivity contribution is 5.99. The van der Waals surface area contributed by atoms with Gasteiger partial charge in [0.05, 0.1) is 28.5 Å². The number of aliphatic carboxylic acids is 1. The first-order chi connectivity index (χ1) is 9.66. The van der Waals surface area contributed by atoms with Crippen LogP contribution >= 0.6 is 0 Å². The van der Waals surface area contributed by atoms with Crippen LogP contribution < -0.4 is 5.32 Å². The summed E-state index contributed by atoms with van der Waals surface area (Å²) in [6.45, 7) is 3.28. The molecule has 1 aliphatic rings. The number of anilines is 1. The molecular formula is C13H13FN2O5. The quantitative estimate of drug-likeness (QED) is 0.652. The lowest BCUT2D eigenvalue weighted by atomic mass is 10.1. The van der Waals surface area contributed by atoms with E-state index >= 15 is 0 Å². The second-order valence-electron chi connectivity index (χ2n) is 5.53. The fourth-order valence-electron chi connectivity index (χ4n) is 2.52. The predicted molar refractivity (Wildman–Crippen MR) is 70.1 cm³/mol. The first kappa shape index (κ1) is 14.9. The maximum atomic E-state index is 13.7. The molecule has 1 amide bonds. The van der Waals surface area contributed by atoms with Crippen LogP contribution in [-0.2, 0) is 9.59 Å². The zero-order valence-electron chi connectivity index (χ0n) is 11.3. The second kappa shape index (κ2) is 4.80. The Balaban J connectivity index is 2.15. The summed E-state index contributed by atoms with van der Waals surface area (Å²) in [4.78, 5) is 32.7. The highest BCUT2D eigenvalue weighted by Gasteiger charge is 2.65.